The van der Waals surface area contributed by atoms with Gasteiger partial charge in [-0.1, -0.05) is 59.5 Å². The Morgan fingerprint density at radius 1 is 1.10 bits per heavy atom. The van der Waals surface area contributed by atoms with Crippen molar-refractivity contribution < 1.29 is 9.59 Å². The van der Waals surface area contributed by atoms with Crippen LogP contribution in [0.2, 0.25) is 0 Å². The Labute approximate surface area is 182 Å². The van der Waals surface area contributed by atoms with Gasteiger partial charge in [0.1, 0.15) is 0 Å². The maximum absolute atomic E-state index is 12.9. The van der Waals surface area contributed by atoms with Gasteiger partial charge in [-0.2, -0.15) is 0 Å². The molecular weight excluding hydrogens is 416 g/mol. The summed E-state index contributed by atoms with van der Waals surface area (Å²) in [6.07, 6.45) is 5.53. The van der Waals surface area contributed by atoms with Crippen molar-refractivity contribution in [2.75, 3.05) is 11.6 Å². The summed E-state index contributed by atoms with van der Waals surface area (Å²) in [7, 11) is 0. The van der Waals surface area contributed by atoms with Crippen LogP contribution in [0.15, 0.2) is 72.1 Å². The Hall–Kier alpha value is -3.23. The number of imidazole rings is 1. The van der Waals surface area contributed by atoms with Crippen LogP contribution in [0, 0.1) is 0 Å². The van der Waals surface area contributed by atoms with Gasteiger partial charge in [0.15, 0.2) is 16.1 Å². The molecule has 0 aliphatic heterocycles. The summed E-state index contributed by atoms with van der Waals surface area (Å²) in [5.74, 6) is -0.371. The number of Topliss-reactive ketones (excluding diaryl/α,β-unsaturated/α-hetero) is 1. The SMILES string of the molecule is CSc1nccn1-c1cccc(C(=O)Nc2nc(-c3ccccc3)c(C(C)=O)s2)c1. The summed E-state index contributed by atoms with van der Waals surface area (Å²) >= 11 is 2.71. The number of ketones is 1. The van der Waals surface area contributed by atoms with E-state index in [9.17, 15) is 9.59 Å². The molecule has 1 amide bonds. The van der Waals surface area contributed by atoms with Crippen LogP contribution in [0.5, 0.6) is 0 Å². The van der Waals surface area contributed by atoms with Crippen LogP contribution in [0.25, 0.3) is 16.9 Å². The number of hydrogen-bond donors (Lipinski definition) is 1. The van der Waals surface area contributed by atoms with Gasteiger partial charge in [-0.05, 0) is 24.5 Å². The first-order valence-electron chi connectivity index (χ1n) is 9.13. The second kappa shape index (κ2) is 8.64. The van der Waals surface area contributed by atoms with Gasteiger partial charge in [-0.15, -0.1) is 0 Å². The number of thioether (sulfide) groups is 1. The fourth-order valence-corrected chi connectivity index (χ4v) is 4.41. The summed E-state index contributed by atoms with van der Waals surface area (Å²) in [5, 5.41) is 4.06. The molecule has 2 aromatic carbocycles. The van der Waals surface area contributed by atoms with Crippen molar-refractivity contribution in [1.29, 1.82) is 0 Å². The van der Waals surface area contributed by atoms with Crippen molar-refractivity contribution >= 4 is 39.9 Å². The number of rotatable bonds is 6. The predicted octanol–water partition coefficient (Wildman–Crippen LogP) is 5.17. The Bertz CT molecular complexity index is 1210. The fraction of sp³-hybridized carbons (Fsp3) is 0.0909. The lowest BCUT2D eigenvalue weighted by Crippen LogP contribution is -2.12. The normalized spacial score (nSPS) is 10.7. The summed E-state index contributed by atoms with van der Waals surface area (Å²) in [6.45, 7) is 1.50. The summed E-state index contributed by atoms with van der Waals surface area (Å²) in [4.78, 5) is 34.3. The van der Waals surface area contributed by atoms with Gasteiger partial charge in [0.2, 0.25) is 0 Å². The molecule has 6 nitrogen and oxygen atoms in total. The van der Waals surface area contributed by atoms with Crippen LogP contribution in [-0.4, -0.2) is 32.5 Å². The molecular formula is C22H18N4O2S2. The molecule has 2 aromatic heterocycles. The molecule has 0 unspecified atom stereocenters. The number of nitrogens with zero attached hydrogens (tertiary/aromatic N) is 3. The minimum atomic E-state index is -0.286. The van der Waals surface area contributed by atoms with Gasteiger partial charge in [0.25, 0.3) is 5.91 Å². The maximum atomic E-state index is 12.9. The Morgan fingerprint density at radius 2 is 1.90 bits per heavy atom. The van der Waals surface area contributed by atoms with Crippen LogP contribution < -0.4 is 5.32 Å². The Morgan fingerprint density at radius 3 is 2.63 bits per heavy atom. The summed E-state index contributed by atoms with van der Waals surface area (Å²) < 4.78 is 1.92. The molecule has 0 atom stereocenters. The highest BCUT2D eigenvalue weighted by atomic mass is 32.2. The molecule has 4 aromatic rings. The van der Waals surface area contributed by atoms with Crippen molar-refractivity contribution in [1.82, 2.24) is 14.5 Å². The second-order valence-electron chi connectivity index (χ2n) is 6.41. The predicted molar refractivity (Wildman–Crippen MR) is 121 cm³/mol. The van der Waals surface area contributed by atoms with E-state index in [1.807, 2.05) is 59.5 Å². The number of carbonyl (C=O) groups excluding carboxylic acids is 2. The molecule has 30 heavy (non-hydrogen) atoms. The van der Waals surface area contributed by atoms with E-state index in [-0.39, 0.29) is 11.7 Å². The molecule has 0 spiro atoms. The van der Waals surface area contributed by atoms with Gasteiger partial charge in [0, 0.05) is 36.1 Å². The van der Waals surface area contributed by atoms with Gasteiger partial charge in [-0.25, -0.2) is 9.97 Å². The highest BCUT2D eigenvalue weighted by molar-refractivity contribution is 7.98. The first kappa shape index (κ1) is 20.1. The fourth-order valence-electron chi connectivity index (χ4n) is 3.01. The number of thiazole rings is 1. The zero-order chi connectivity index (χ0) is 21.1. The Balaban J connectivity index is 1.62. The first-order valence-corrected chi connectivity index (χ1v) is 11.2. The average Bonchev–Trinajstić information content (AvgIpc) is 3.41. The van der Waals surface area contributed by atoms with Gasteiger partial charge in [-0.3, -0.25) is 19.5 Å². The molecule has 8 heteroatoms. The van der Waals surface area contributed by atoms with Crippen molar-refractivity contribution in [3.05, 3.63) is 77.4 Å². The number of hydrogen-bond acceptors (Lipinski definition) is 6. The standard InChI is InChI=1S/C22H18N4O2S2/c1-14(27)19-18(15-7-4-3-5-8-15)24-21(30-19)25-20(28)16-9-6-10-17(13-16)26-12-11-23-22(26)29-2/h3-13H,1-2H3,(H,24,25,28). The third-order valence-corrected chi connectivity index (χ3v) is 6.13. The molecule has 150 valence electrons. The van der Waals surface area contributed by atoms with E-state index in [4.69, 9.17) is 0 Å². The molecule has 0 radical (unpaired) electrons. The molecule has 4 rings (SSSR count). The number of aromatic nitrogens is 3. The minimum absolute atomic E-state index is 0.0847. The topological polar surface area (TPSA) is 76.9 Å². The zero-order valence-corrected chi connectivity index (χ0v) is 18.0. The number of anilines is 1. The third kappa shape index (κ3) is 4.05. The highest BCUT2D eigenvalue weighted by Gasteiger charge is 2.18. The molecule has 0 saturated carbocycles. The van der Waals surface area contributed by atoms with Crippen LogP contribution in [0.4, 0.5) is 5.13 Å². The van der Waals surface area contributed by atoms with E-state index in [0.29, 0.717) is 21.3 Å². The maximum Gasteiger partial charge on any atom is 0.257 e. The van der Waals surface area contributed by atoms with Gasteiger partial charge in [0.05, 0.1) is 10.6 Å². The van der Waals surface area contributed by atoms with E-state index in [0.717, 1.165) is 16.4 Å². The van der Waals surface area contributed by atoms with Crippen molar-refractivity contribution in [2.24, 2.45) is 0 Å². The molecule has 0 aliphatic carbocycles. The quantitative estimate of drug-likeness (QED) is 0.334. The molecule has 0 saturated heterocycles. The number of amides is 1. The third-order valence-electron chi connectivity index (χ3n) is 4.39. The van der Waals surface area contributed by atoms with Crippen molar-refractivity contribution in [3.8, 4) is 16.9 Å². The van der Waals surface area contributed by atoms with Crippen LogP contribution in [0.3, 0.4) is 0 Å². The first-order chi connectivity index (χ1) is 14.6. The van der Waals surface area contributed by atoms with Crippen LogP contribution >= 0.6 is 23.1 Å². The van der Waals surface area contributed by atoms with E-state index in [2.05, 4.69) is 15.3 Å². The summed E-state index contributed by atoms with van der Waals surface area (Å²) in [5.41, 5.74) is 2.76. The van der Waals surface area contributed by atoms with Gasteiger partial charge < -0.3 is 0 Å². The monoisotopic (exact) mass is 434 g/mol. The minimum Gasteiger partial charge on any atom is -0.298 e. The lowest BCUT2D eigenvalue weighted by atomic mass is 10.1. The summed E-state index contributed by atoms with van der Waals surface area (Å²) in [6, 6.07) is 16.8. The lowest BCUT2D eigenvalue weighted by molar-refractivity contribution is 0.101. The molecule has 1 N–H and O–H groups in total. The van der Waals surface area contributed by atoms with Crippen LogP contribution in [0.1, 0.15) is 27.0 Å². The van der Waals surface area contributed by atoms with Crippen molar-refractivity contribution in [3.63, 3.8) is 0 Å². The number of carbonyl (C=O) groups is 2. The Kier molecular flexibility index (Phi) is 5.78. The van der Waals surface area contributed by atoms with Crippen molar-refractivity contribution in [2.45, 2.75) is 12.1 Å². The van der Waals surface area contributed by atoms with E-state index < -0.39 is 0 Å². The molecule has 2 heterocycles. The highest BCUT2D eigenvalue weighted by Crippen LogP contribution is 2.31. The second-order valence-corrected chi connectivity index (χ2v) is 8.18. The zero-order valence-electron chi connectivity index (χ0n) is 16.3. The smallest absolute Gasteiger partial charge is 0.257 e. The molecule has 0 bridgehead atoms. The van der Waals surface area contributed by atoms with Crippen LogP contribution in [-0.2, 0) is 0 Å². The van der Waals surface area contributed by atoms with Gasteiger partial charge >= 0.3 is 0 Å². The number of nitrogens with one attached hydrogen (secondary N) is 1. The van der Waals surface area contributed by atoms with E-state index in [1.165, 1.54) is 30.0 Å². The largest absolute Gasteiger partial charge is 0.298 e. The molecule has 0 fully saturated rings. The number of benzene rings is 2. The lowest BCUT2D eigenvalue weighted by Gasteiger charge is -2.08. The molecule has 0 aliphatic rings. The average molecular weight is 435 g/mol. The van der Waals surface area contributed by atoms with E-state index in [1.54, 1.807) is 18.3 Å². The van der Waals surface area contributed by atoms with E-state index >= 15 is 0 Å².